The summed E-state index contributed by atoms with van der Waals surface area (Å²) >= 11 is 3.30. The number of piperidine rings is 1. The number of benzene rings is 1. The van der Waals surface area contributed by atoms with E-state index in [1.807, 2.05) is 0 Å². The zero-order chi connectivity index (χ0) is 20.7. The maximum Gasteiger partial charge on any atom is 0.251 e. The molecule has 0 aromatic heterocycles. The number of likely N-dealkylation sites (tertiary alicyclic amines) is 1. The third-order valence-electron chi connectivity index (χ3n) is 4.98. The number of carbonyl (C=O) groups excluding carboxylic acids is 1. The summed E-state index contributed by atoms with van der Waals surface area (Å²) in [6, 6.07) is 4.92. The Labute approximate surface area is 175 Å². The Kier molecular flexibility index (Phi) is 8.85. The molecule has 1 fully saturated rings. The monoisotopic (exact) mass is 477 g/mol. The molecule has 1 amide bonds. The van der Waals surface area contributed by atoms with Crippen molar-refractivity contribution in [3.8, 4) is 0 Å². The second kappa shape index (κ2) is 10.7. The number of halogens is 2. The molecule has 1 aromatic carbocycles. The van der Waals surface area contributed by atoms with Gasteiger partial charge in [0.2, 0.25) is 10.0 Å². The van der Waals surface area contributed by atoms with Crippen molar-refractivity contribution in [3.05, 3.63) is 33.8 Å². The molecule has 0 radical (unpaired) electrons. The van der Waals surface area contributed by atoms with E-state index in [1.54, 1.807) is 32.0 Å². The molecular weight excluding hydrogens is 449 g/mol. The fourth-order valence-electron chi connectivity index (χ4n) is 3.12. The van der Waals surface area contributed by atoms with Crippen LogP contribution in [0.1, 0.15) is 42.6 Å². The SMILES string of the molecule is CC(C)S(=O)(=O)NCCN1CCC(CNC(=O)c2cc(Br)cc(CF)c2)CC1. The number of nitrogens with one attached hydrogen (secondary N) is 2. The lowest BCUT2D eigenvalue weighted by Gasteiger charge is -2.32. The van der Waals surface area contributed by atoms with Crippen LogP contribution in [0, 0.1) is 5.92 Å². The summed E-state index contributed by atoms with van der Waals surface area (Å²) in [4.78, 5) is 14.6. The fourth-order valence-corrected chi connectivity index (χ4v) is 4.37. The van der Waals surface area contributed by atoms with Crippen molar-refractivity contribution in [2.45, 2.75) is 38.6 Å². The molecule has 28 heavy (non-hydrogen) atoms. The van der Waals surface area contributed by atoms with E-state index >= 15 is 0 Å². The van der Waals surface area contributed by atoms with E-state index in [2.05, 4.69) is 30.9 Å². The van der Waals surface area contributed by atoms with Crippen LogP contribution in [0.3, 0.4) is 0 Å². The van der Waals surface area contributed by atoms with Crippen molar-refractivity contribution < 1.29 is 17.6 Å². The van der Waals surface area contributed by atoms with Gasteiger partial charge in [0, 0.05) is 29.7 Å². The number of hydrogen-bond acceptors (Lipinski definition) is 4. The highest BCUT2D eigenvalue weighted by Gasteiger charge is 2.21. The van der Waals surface area contributed by atoms with Gasteiger partial charge in [0.1, 0.15) is 6.67 Å². The Morgan fingerprint density at radius 2 is 1.96 bits per heavy atom. The van der Waals surface area contributed by atoms with Crippen LogP contribution in [0.2, 0.25) is 0 Å². The lowest BCUT2D eigenvalue weighted by Crippen LogP contribution is -2.42. The van der Waals surface area contributed by atoms with Crippen molar-refractivity contribution >= 4 is 31.9 Å². The minimum atomic E-state index is -3.21. The normalized spacial score (nSPS) is 16.5. The predicted molar refractivity (Wildman–Crippen MR) is 113 cm³/mol. The predicted octanol–water partition coefficient (Wildman–Crippen LogP) is 2.69. The zero-order valence-electron chi connectivity index (χ0n) is 16.4. The Bertz CT molecular complexity index is 766. The number of hydrogen-bond donors (Lipinski definition) is 2. The first-order valence-electron chi connectivity index (χ1n) is 9.55. The molecule has 1 saturated heterocycles. The van der Waals surface area contributed by atoms with Crippen molar-refractivity contribution in [2.24, 2.45) is 5.92 Å². The van der Waals surface area contributed by atoms with Gasteiger partial charge in [0.15, 0.2) is 0 Å². The molecule has 9 heteroatoms. The van der Waals surface area contributed by atoms with E-state index in [4.69, 9.17) is 0 Å². The highest BCUT2D eigenvalue weighted by atomic mass is 79.9. The first-order valence-corrected chi connectivity index (χ1v) is 11.9. The minimum Gasteiger partial charge on any atom is -0.352 e. The second-order valence-corrected chi connectivity index (χ2v) is 10.7. The number of sulfonamides is 1. The molecule has 1 aromatic rings. The second-order valence-electron chi connectivity index (χ2n) is 7.46. The summed E-state index contributed by atoms with van der Waals surface area (Å²) in [7, 11) is -3.21. The molecule has 1 aliphatic rings. The van der Waals surface area contributed by atoms with Gasteiger partial charge >= 0.3 is 0 Å². The highest BCUT2D eigenvalue weighted by Crippen LogP contribution is 2.18. The van der Waals surface area contributed by atoms with E-state index in [9.17, 15) is 17.6 Å². The van der Waals surface area contributed by atoms with Gasteiger partial charge in [0.25, 0.3) is 5.91 Å². The van der Waals surface area contributed by atoms with E-state index in [0.29, 0.717) is 41.2 Å². The van der Waals surface area contributed by atoms with Crippen molar-refractivity contribution in [1.82, 2.24) is 14.9 Å². The van der Waals surface area contributed by atoms with Gasteiger partial charge < -0.3 is 10.2 Å². The molecule has 0 atom stereocenters. The molecular formula is C19H29BrFN3O3S. The Balaban J connectivity index is 1.71. The van der Waals surface area contributed by atoms with Gasteiger partial charge in [-0.15, -0.1) is 0 Å². The van der Waals surface area contributed by atoms with Crippen molar-refractivity contribution in [2.75, 3.05) is 32.7 Å². The van der Waals surface area contributed by atoms with Crippen LogP contribution in [-0.4, -0.2) is 57.2 Å². The van der Waals surface area contributed by atoms with E-state index in [0.717, 1.165) is 25.9 Å². The van der Waals surface area contributed by atoms with Crippen LogP contribution in [0.15, 0.2) is 22.7 Å². The molecule has 0 aliphatic carbocycles. The average Bonchev–Trinajstić information content (AvgIpc) is 2.66. The quantitative estimate of drug-likeness (QED) is 0.572. The molecule has 0 spiro atoms. The zero-order valence-corrected chi connectivity index (χ0v) is 18.8. The van der Waals surface area contributed by atoms with Crippen molar-refractivity contribution in [1.29, 1.82) is 0 Å². The molecule has 1 aliphatic heterocycles. The third kappa shape index (κ3) is 7.09. The van der Waals surface area contributed by atoms with Gasteiger partial charge in [-0.05, 0) is 69.5 Å². The number of nitrogens with zero attached hydrogens (tertiary/aromatic N) is 1. The Hall–Kier alpha value is -1.03. The summed E-state index contributed by atoms with van der Waals surface area (Å²) in [5.41, 5.74) is 0.929. The van der Waals surface area contributed by atoms with Crippen LogP contribution in [-0.2, 0) is 16.7 Å². The molecule has 158 valence electrons. The van der Waals surface area contributed by atoms with E-state index < -0.39 is 21.9 Å². The van der Waals surface area contributed by atoms with Crippen LogP contribution in [0.25, 0.3) is 0 Å². The summed E-state index contributed by atoms with van der Waals surface area (Å²) in [5, 5.41) is 2.52. The largest absolute Gasteiger partial charge is 0.352 e. The molecule has 0 bridgehead atoms. The summed E-state index contributed by atoms with van der Waals surface area (Å²) < 4.78 is 39.7. The van der Waals surface area contributed by atoms with Crippen LogP contribution in [0.4, 0.5) is 4.39 Å². The number of alkyl halides is 1. The fraction of sp³-hybridized carbons (Fsp3) is 0.632. The minimum absolute atomic E-state index is 0.193. The number of carbonyl (C=O) groups is 1. The molecule has 0 saturated carbocycles. The first kappa shape index (κ1) is 23.3. The Morgan fingerprint density at radius 1 is 1.29 bits per heavy atom. The van der Waals surface area contributed by atoms with Crippen molar-refractivity contribution in [3.63, 3.8) is 0 Å². The molecule has 0 unspecified atom stereocenters. The standard InChI is InChI=1S/C19H29BrFN3O3S/c1-14(2)28(26,27)23-5-8-24-6-3-15(4-7-24)13-22-19(25)17-9-16(12-21)10-18(20)11-17/h9-11,14-15,23H,3-8,12-13H2,1-2H3,(H,22,25). The lowest BCUT2D eigenvalue weighted by molar-refractivity contribution is 0.0936. The third-order valence-corrected chi connectivity index (χ3v) is 7.29. The summed E-state index contributed by atoms with van der Waals surface area (Å²) in [6.45, 7) is 6.18. The van der Waals surface area contributed by atoms with Gasteiger partial charge in [-0.2, -0.15) is 0 Å². The average molecular weight is 478 g/mol. The molecule has 2 rings (SSSR count). The van der Waals surface area contributed by atoms with Crippen LogP contribution in [0.5, 0.6) is 0 Å². The van der Waals surface area contributed by atoms with Gasteiger partial charge in [-0.25, -0.2) is 17.5 Å². The molecule has 6 nitrogen and oxygen atoms in total. The van der Waals surface area contributed by atoms with Gasteiger partial charge in [-0.1, -0.05) is 15.9 Å². The number of amides is 1. The number of rotatable bonds is 9. The Morgan fingerprint density at radius 3 is 2.57 bits per heavy atom. The summed E-state index contributed by atoms with van der Waals surface area (Å²) in [5.74, 6) is 0.196. The summed E-state index contributed by atoms with van der Waals surface area (Å²) in [6.07, 6.45) is 1.90. The first-order chi connectivity index (χ1) is 13.2. The maximum atomic E-state index is 12.9. The van der Waals surface area contributed by atoms with E-state index in [-0.39, 0.29) is 5.91 Å². The van der Waals surface area contributed by atoms with Crippen LogP contribution < -0.4 is 10.0 Å². The maximum absolute atomic E-state index is 12.9. The molecule has 2 N–H and O–H groups in total. The van der Waals surface area contributed by atoms with Gasteiger partial charge in [-0.3, -0.25) is 4.79 Å². The smallest absolute Gasteiger partial charge is 0.251 e. The van der Waals surface area contributed by atoms with Gasteiger partial charge in [0.05, 0.1) is 5.25 Å². The van der Waals surface area contributed by atoms with Crippen LogP contribution >= 0.6 is 15.9 Å². The molecule has 1 heterocycles. The topological polar surface area (TPSA) is 78.5 Å². The lowest BCUT2D eigenvalue weighted by atomic mass is 9.96. The van der Waals surface area contributed by atoms with E-state index in [1.165, 1.54) is 0 Å². The highest BCUT2D eigenvalue weighted by molar-refractivity contribution is 9.10.